The lowest BCUT2D eigenvalue weighted by molar-refractivity contribution is 0.0939. The maximum atomic E-state index is 12.0. The van der Waals surface area contributed by atoms with Gasteiger partial charge in [0.15, 0.2) is 0 Å². The van der Waals surface area contributed by atoms with Gasteiger partial charge in [0.05, 0.1) is 11.7 Å². The summed E-state index contributed by atoms with van der Waals surface area (Å²) in [6.07, 6.45) is 1.68. The Hall–Kier alpha value is -1.65. The molecular weight excluding hydrogens is 285 g/mol. The molecule has 0 bridgehead atoms. The van der Waals surface area contributed by atoms with Crippen LogP contribution in [0, 0.1) is 0 Å². The first kappa shape index (κ1) is 13.8. The fourth-order valence-electron chi connectivity index (χ4n) is 1.58. The van der Waals surface area contributed by atoms with Crippen LogP contribution in [0.25, 0.3) is 0 Å². The van der Waals surface area contributed by atoms with Crippen molar-refractivity contribution in [3.63, 3.8) is 0 Å². The lowest BCUT2D eigenvalue weighted by Crippen LogP contribution is -2.27. The van der Waals surface area contributed by atoms with E-state index in [1.807, 2.05) is 25.1 Å². The minimum atomic E-state index is -0.274. The molecule has 2 aromatic heterocycles. The highest BCUT2D eigenvalue weighted by atomic mass is 35.5. The standard InChI is InChI=1S/C13H11Cl2N3O/c1-8(10-4-2-3-5-16-10)17-13(19)9-6-11(14)18-12(15)7-9/h2-8H,1H3,(H,17,19)/t8-/m0/s1. The normalized spacial score (nSPS) is 11.9. The van der Waals surface area contributed by atoms with Gasteiger partial charge >= 0.3 is 0 Å². The Morgan fingerprint density at radius 1 is 1.26 bits per heavy atom. The van der Waals surface area contributed by atoms with E-state index in [-0.39, 0.29) is 22.3 Å². The summed E-state index contributed by atoms with van der Waals surface area (Å²) in [5.74, 6) is -0.274. The average Bonchev–Trinajstić information content (AvgIpc) is 2.38. The highest BCUT2D eigenvalue weighted by molar-refractivity contribution is 6.33. The van der Waals surface area contributed by atoms with E-state index in [1.54, 1.807) is 6.20 Å². The minimum absolute atomic E-state index is 0.183. The van der Waals surface area contributed by atoms with Crippen LogP contribution in [0.5, 0.6) is 0 Å². The third kappa shape index (κ3) is 3.66. The fraction of sp³-hybridized carbons (Fsp3) is 0.154. The van der Waals surface area contributed by atoms with Crippen LogP contribution in [0.4, 0.5) is 0 Å². The van der Waals surface area contributed by atoms with E-state index in [4.69, 9.17) is 23.2 Å². The van der Waals surface area contributed by atoms with Gasteiger partial charge in [-0.05, 0) is 31.2 Å². The molecule has 0 aromatic carbocycles. The molecule has 0 unspecified atom stereocenters. The zero-order valence-electron chi connectivity index (χ0n) is 10.1. The molecule has 4 nitrogen and oxygen atoms in total. The van der Waals surface area contributed by atoms with Gasteiger partial charge in [-0.25, -0.2) is 4.98 Å². The van der Waals surface area contributed by atoms with Crippen molar-refractivity contribution < 1.29 is 4.79 Å². The number of rotatable bonds is 3. The summed E-state index contributed by atoms with van der Waals surface area (Å²) >= 11 is 11.5. The van der Waals surface area contributed by atoms with E-state index in [9.17, 15) is 4.79 Å². The molecule has 0 aliphatic heterocycles. The Balaban J connectivity index is 2.13. The van der Waals surface area contributed by atoms with Gasteiger partial charge in [0.2, 0.25) is 0 Å². The van der Waals surface area contributed by atoms with Gasteiger partial charge < -0.3 is 5.32 Å². The second-order valence-corrected chi connectivity index (χ2v) is 4.73. The molecular formula is C13H11Cl2N3O. The van der Waals surface area contributed by atoms with E-state index in [0.717, 1.165) is 5.69 Å². The molecule has 0 saturated carbocycles. The molecule has 0 radical (unpaired) electrons. The third-order valence-corrected chi connectivity index (χ3v) is 2.89. The fourth-order valence-corrected chi connectivity index (χ4v) is 2.04. The number of nitrogens with zero attached hydrogens (tertiary/aromatic N) is 2. The maximum absolute atomic E-state index is 12.0. The number of halogens is 2. The third-order valence-electron chi connectivity index (χ3n) is 2.50. The van der Waals surface area contributed by atoms with Gasteiger partial charge in [-0.2, -0.15) is 0 Å². The number of hydrogen-bond donors (Lipinski definition) is 1. The van der Waals surface area contributed by atoms with Crippen molar-refractivity contribution in [2.24, 2.45) is 0 Å². The molecule has 0 fully saturated rings. The van der Waals surface area contributed by atoms with Crippen LogP contribution in [0.2, 0.25) is 10.3 Å². The molecule has 1 atom stereocenters. The lowest BCUT2D eigenvalue weighted by atomic mass is 10.2. The van der Waals surface area contributed by atoms with Crippen LogP contribution in [0.3, 0.4) is 0 Å². The second-order valence-electron chi connectivity index (χ2n) is 3.95. The van der Waals surface area contributed by atoms with Crippen molar-refractivity contribution in [2.75, 3.05) is 0 Å². The zero-order valence-corrected chi connectivity index (χ0v) is 11.6. The summed E-state index contributed by atoms with van der Waals surface area (Å²) in [5, 5.41) is 3.19. The van der Waals surface area contributed by atoms with Gasteiger partial charge in [0.25, 0.3) is 5.91 Å². The number of hydrogen-bond acceptors (Lipinski definition) is 3. The van der Waals surface area contributed by atoms with E-state index in [0.29, 0.717) is 5.56 Å². The van der Waals surface area contributed by atoms with Gasteiger partial charge in [0, 0.05) is 11.8 Å². The summed E-state index contributed by atoms with van der Waals surface area (Å²) in [7, 11) is 0. The van der Waals surface area contributed by atoms with E-state index >= 15 is 0 Å². The van der Waals surface area contributed by atoms with Crippen molar-refractivity contribution in [3.05, 3.63) is 58.1 Å². The van der Waals surface area contributed by atoms with Crippen molar-refractivity contribution in [3.8, 4) is 0 Å². The first-order chi connectivity index (χ1) is 9.06. The first-order valence-corrected chi connectivity index (χ1v) is 6.37. The van der Waals surface area contributed by atoms with Crippen LogP contribution in [0.15, 0.2) is 36.5 Å². The lowest BCUT2D eigenvalue weighted by Gasteiger charge is -2.13. The largest absolute Gasteiger partial charge is 0.344 e. The van der Waals surface area contributed by atoms with Gasteiger partial charge in [-0.15, -0.1) is 0 Å². The predicted molar refractivity (Wildman–Crippen MR) is 74.4 cm³/mol. The number of carbonyl (C=O) groups is 1. The van der Waals surface area contributed by atoms with Gasteiger partial charge in [0.1, 0.15) is 10.3 Å². The van der Waals surface area contributed by atoms with Crippen molar-refractivity contribution >= 4 is 29.1 Å². The topological polar surface area (TPSA) is 54.9 Å². The predicted octanol–water partition coefficient (Wildman–Crippen LogP) is 3.27. The van der Waals surface area contributed by atoms with E-state index < -0.39 is 0 Å². The van der Waals surface area contributed by atoms with Crippen LogP contribution in [-0.2, 0) is 0 Å². The van der Waals surface area contributed by atoms with Crippen molar-refractivity contribution in [1.29, 1.82) is 0 Å². The SMILES string of the molecule is C[C@H](NC(=O)c1cc(Cl)nc(Cl)c1)c1ccccn1. The molecule has 6 heteroatoms. The number of amides is 1. The molecule has 2 heterocycles. The summed E-state index contributed by atoms with van der Waals surface area (Å²) in [6, 6.07) is 8.25. The van der Waals surface area contributed by atoms with Crippen LogP contribution >= 0.6 is 23.2 Å². The Bertz CT molecular complexity index is 569. The molecule has 0 saturated heterocycles. The summed E-state index contributed by atoms with van der Waals surface area (Å²) < 4.78 is 0. The van der Waals surface area contributed by atoms with E-state index in [1.165, 1.54) is 12.1 Å². The van der Waals surface area contributed by atoms with Crippen LogP contribution in [0.1, 0.15) is 29.0 Å². The van der Waals surface area contributed by atoms with Crippen LogP contribution < -0.4 is 5.32 Å². The quantitative estimate of drug-likeness (QED) is 0.884. The number of aromatic nitrogens is 2. The van der Waals surface area contributed by atoms with Gasteiger partial charge in [-0.3, -0.25) is 9.78 Å². The Kier molecular flexibility index (Phi) is 4.35. The highest BCUT2D eigenvalue weighted by Gasteiger charge is 2.13. The molecule has 98 valence electrons. The number of carbonyl (C=O) groups excluding carboxylic acids is 1. The monoisotopic (exact) mass is 295 g/mol. The smallest absolute Gasteiger partial charge is 0.252 e. The minimum Gasteiger partial charge on any atom is -0.344 e. The molecule has 1 amide bonds. The zero-order chi connectivity index (χ0) is 13.8. The van der Waals surface area contributed by atoms with Gasteiger partial charge in [-0.1, -0.05) is 29.3 Å². The maximum Gasteiger partial charge on any atom is 0.252 e. The molecule has 0 aliphatic rings. The summed E-state index contributed by atoms with van der Waals surface area (Å²) in [4.78, 5) is 20.0. The molecule has 2 aromatic rings. The first-order valence-electron chi connectivity index (χ1n) is 5.61. The summed E-state index contributed by atoms with van der Waals surface area (Å²) in [6.45, 7) is 1.85. The average molecular weight is 296 g/mol. The van der Waals surface area contributed by atoms with Crippen LogP contribution in [-0.4, -0.2) is 15.9 Å². The van der Waals surface area contributed by atoms with E-state index in [2.05, 4.69) is 15.3 Å². The van der Waals surface area contributed by atoms with Crippen molar-refractivity contribution in [2.45, 2.75) is 13.0 Å². The molecule has 0 aliphatic carbocycles. The molecule has 0 spiro atoms. The Morgan fingerprint density at radius 3 is 2.53 bits per heavy atom. The number of nitrogens with one attached hydrogen (secondary N) is 1. The van der Waals surface area contributed by atoms with Crippen molar-refractivity contribution in [1.82, 2.24) is 15.3 Å². The second kappa shape index (κ2) is 5.99. The Morgan fingerprint density at radius 2 is 1.95 bits per heavy atom. The molecule has 19 heavy (non-hydrogen) atoms. The molecule has 1 N–H and O–H groups in total. The highest BCUT2D eigenvalue weighted by Crippen LogP contribution is 2.16. The Labute approximate surface area is 120 Å². The number of pyridine rings is 2. The molecule has 2 rings (SSSR count). The summed E-state index contributed by atoms with van der Waals surface area (Å²) in [5.41, 5.74) is 1.15.